The van der Waals surface area contributed by atoms with E-state index in [-0.39, 0.29) is 42.6 Å². The van der Waals surface area contributed by atoms with E-state index in [0.717, 1.165) is 29.8 Å². The Morgan fingerprint density at radius 2 is 2.06 bits per heavy atom. The van der Waals surface area contributed by atoms with E-state index in [1.807, 2.05) is 24.5 Å². The van der Waals surface area contributed by atoms with E-state index in [2.05, 4.69) is 15.2 Å². The third kappa shape index (κ3) is 3.97. The molecule has 0 spiro atoms. The maximum Gasteiger partial charge on any atom is 0.407 e. The van der Waals surface area contributed by atoms with Gasteiger partial charge in [-0.3, -0.25) is 4.79 Å². The molecule has 2 aliphatic heterocycles. The topological polar surface area (TPSA) is 103 Å². The minimum atomic E-state index is -0.996. The Hall–Kier alpha value is -3.34. The quantitative estimate of drug-likeness (QED) is 0.553. The smallest absolute Gasteiger partial charge is 0.407 e. The second-order valence-corrected chi connectivity index (χ2v) is 9.05. The van der Waals surface area contributed by atoms with Crippen molar-refractivity contribution in [2.75, 3.05) is 30.8 Å². The molecule has 5 rings (SSSR count). The van der Waals surface area contributed by atoms with Crippen LogP contribution in [0.5, 0.6) is 0 Å². The molecule has 172 valence electrons. The Morgan fingerprint density at radius 1 is 1.24 bits per heavy atom. The number of thioether (sulfide) groups is 1. The van der Waals surface area contributed by atoms with Gasteiger partial charge >= 0.3 is 6.09 Å². The fourth-order valence-corrected chi connectivity index (χ4v) is 5.12. The van der Waals surface area contributed by atoms with Crippen molar-refractivity contribution >= 4 is 35.2 Å². The van der Waals surface area contributed by atoms with Crippen LogP contribution in [0.1, 0.15) is 34.9 Å². The van der Waals surface area contributed by atoms with Crippen molar-refractivity contribution < 1.29 is 19.1 Å². The van der Waals surface area contributed by atoms with E-state index in [4.69, 9.17) is 10.2 Å². The van der Waals surface area contributed by atoms with Gasteiger partial charge in [-0.2, -0.15) is 0 Å². The first kappa shape index (κ1) is 21.5. The molecule has 1 aromatic carbocycles. The van der Waals surface area contributed by atoms with E-state index in [1.165, 1.54) is 21.7 Å². The number of anilines is 1. The Balaban J connectivity index is 1.41. The summed E-state index contributed by atoms with van der Waals surface area (Å²) in [5, 5.41) is 16.5. The molecule has 0 aliphatic carbocycles. The zero-order valence-electron chi connectivity index (χ0n) is 17.9. The van der Waals surface area contributed by atoms with Crippen molar-refractivity contribution in [3.8, 4) is 0 Å². The number of aromatic nitrogens is 3. The molecule has 0 saturated carbocycles. The molecule has 2 aliphatic rings. The average molecular weight is 471 g/mol. The van der Waals surface area contributed by atoms with E-state index < -0.39 is 6.09 Å². The van der Waals surface area contributed by atoms with E-state index in [9.17, 15) is 14.0 Å². The Bertz CT molecular complexity index is 1230. The van der Waals surface area contributed by atoms with Crippen LogP contribution in [0.25, 0.3) is 5.65 Å². The molecule has 2 saturated heterocycles. The van der Waals surface area contributed by atoms with Gasteiger partial charge in [0.15, 0.2) is 11.3 Å². The SMILES string of the molecule is CSc1ccc(F)cc1[C@H]1CCCN1c1ccc2ncc(C(=O)NC3CN(C(=O)O)C3)n2n1. The normalized spacial score (nSPS) is 18.5. The number of hydrogen-bond donors (Lipinski definition) is 2. The zero-order valence-corrected chi connectivity index (χ0v) is 18.8. The number of halogens is 1. The van der Waals surface area contributed by atoms with Crippen molar-refractivity contribution in [3.63, 3.8) is 0 Å². The van der Waals surface area contributed by atoms with Gasteiger partial charge in [0.1, 0.15) is 11.6 Å². The van der Waals surface area contributed by atoms with Crippen LogP contribution in [0, 0.1) is 5.82 Å². The van der Waals surface area contributed by atoms with Crippen LogP contribution < -0.4 is 10.2 Å². The van der Waals surface area contributed by atoms with Gasteiger partial charge in [-0.25, -0.2) is 18.7 Å². The lowest BCUT2D eigenvalue weighted by Crippen LogP contribution is -2.60. The van der Waals surface area contributed by atoms with Crippen molar-refractivity contribution in [2.24, 2.45) is 0 Å². The zero-order chi connectivity index (χ0) is 23.1. The number of nitrogens with one attached hydrogen (secondary N) is 1. The highest BCUT2D eigenvalue weighted by atomic mass is 32.2. The van der Waals surface area contributed by atoms with Crippen LogP contribution in [-0.4, -0.2) is 68.5 Å². The first-order valence-corrected chi connectivity index (χ1v) is 11.9. The summed E-state index contributed by atoms with van der Waals surface area (Å²) in [5.41, 5.74) is 1.77. The molecule has 9 nitrogen and oxygen atoms in total. The molecule has 3 aromatic rings. The first-order valence-electron chi connectivity index (χ1n) is 10.7. The third-order valence-corrected chi connectivity index (χ3v) is 6.98. The Kier molecular flexibility index (Phi) is 5.57. The maximum absolute atomic E-state index is 14.0. The summed E-state index contributed by atoms with van der Waals surface area (Å²) in [6.45, 7) is 1.30. The molecule has 0 radical (unpaired) electrons. The lowest BCUT2D eigenvalue weighted by atomic mass is 10.0. The van der Waals surface area contributed by atoms with Crippen molar-refractivity contribution in [1.29, 1.82) is 0 Å². The van der Waals surface area contributed by atoms with E-state index in [0.29, 0.717) is 11.5 Å². The Labute approximate surface area is 193 Å². The first-order chi connectivity index (χ1) is 15.9. The molecule has 2 N–H and O–H groups in total. The fourth-order valence-electron chi connectivity index (χ4n) is 4.49. The van der Waals surface area contributed by atoms with Gasteiger partial charge in [0, 0.05) is 24.5 Å². The molecule has 0 unspecified atom stereocenters. The van der Waals surface area contributed by atoms with Gasteiger partial charge in [-0.05, 0) is 55.0 Å². The second kappa shape index (κ2) is 8.54. The van der Waals surface area contributed by atoms with Gasteiger partial charge < -0.3 is 20.2 Å². The Morgan fingerprint density at radius 3 is 2.82 bits per heavy atom. The van der Waals surface area contributed by atoms with Crippen LogP contribution in [0.15, 0.2) is 41.4 Å². The second-order valence-electron chi connectivity index (χ2n) is 8.20. The van der Waals surface area contributed by atoms with Crippen LogP contribution in [0.2, 0.25) is 0 Å². The number of benzene rings is 1. The molecule has 2 fully saturated rings. The van der Waals surface area contributed by atoms with Crippen molar-refractivity contribution in [3.05, 3.63) is 53.6 Å². The summed E-state index contributed by atoms with van der Waals surface area (Å²) >= 11 is 1.59. The van der Waals surface area contributed by atoms with Crippen LogP contribution in [-0.2, 0) is 0 Å². The lowest BCUT2D eigenvalue weighted by Gasteiger charge is -2.37. The third-order valence-electron chi connectivity index (χ3n) is 6.17. The van der Waals surface area contributed by atoms with Crippen molar-refractivity contribution in [2.45, 2.75) is 29.8 Å². The van der Waals surface area contributed by atoms with Crippen LogP contribution >= 0.6 is 11.8 Å². The van der Waals surface area contributed by atoms with E-state index >= 15 is 0 Å². The maximum atomic E-state index is 14.0. The number of likely N-dealkylation sites (tertiary alicyclic amines) is 1. The number of rotatable bonds is 5. The molecule has 2 amide bonds. The molecule has 0 bridgehead atoms. The minimum Gasteiger partial charge on any atom is -0.465 e. The summed E-state index contributed by atoms with van der Waals surface area (Å²) in [7, 11) is 0. The number of carboxylic acid groups (broad SMARTS) is 1. The summed E-state index contributed by atoms with van der Waals surface area (Å²) in [5.74, 6) is 0.0770. The molecule has 4 heterocycles. The predicted molar refractivity (Wildman–Crippen MR) is 121 cm³/mol. The molecular weight excluding hydrogens is 447 g/mol. The molecule has 2 aromatic heterocycles. The largest absolute Gasteiger partial charge is 0.465 e. The lowest BCUT2D eigenvalue weighted by molar-refractivity contribution is 0.0762. The number of carbonyl (C=O) groups excluding carboxylic acids is 1. The fraction of sp³-hybridized carbons (Fsp3) is 0.364. The summed E-state index contributed by atoms with van der Waals surface area (Å²) in [4.78, 5) is 32.4. The van der Waals surface area contributed by atoms with Gasteiger partial charge in [0.05, 0.1) is 18.3 Å². The van der Waals surface area contributed by atoms with Gasteiger partial charge in [-0.1, -0.05) is 0 Å². The number of hydrogen-bond acceptors (Lipinski definition) is 6. The number of nitrogens with zero attached hydrogens (tertiary/aromatic N) is 5. The van der Waals surface area contributed by atoms with E-state index in [1.54, 1.807) is 17.8 Å². The molecular formula is C22H23FN6O3S. The summed E-state index contributed by atoms with van der Waals surface area (Å²) in [6, 6.07) is 8.33. The molecule has 33 heavy (non-hydrogen) atoms. The predicted octanol–water partition coefficient (Wildman–Crippen LogP) is 3.02. The average Bonchev–Trinajstić information content (AvgIpc) is 3.42. The van der Waals surface area contributed by atoms with Gasteiger partial charge in [0.2, 0.25) is 0 Å². The van der Waals surface area contributed by atoms with Gasteiger partial charge in [-0.15, -0.1) is 16.9 Å². The monoisotopic (exact) mass is 470 g/mol. The highest BCUT2D eigenvalue weighted by Gasteiger charge is 2.33. The van der Waals surface area contributed by atoms with Crippen molar-refractivity contribution in [1.82, 2.24) is 24.8 Å². The summed E-state index contributed by atoms with van der Waals surface area (Å²) < 4.78 is 15.6. The minimum absolute atomic E-state index is 0.00845. The number of carbonyl (C=O) groups is 2. The number of fused-ring (bicyclic) bond motifs is 1. The highest BCUT2D eigenvalue weighted by molar-refractivity contribution is 7.98. The van der Waals surface area contributed by atoms with Gasteiger partial charge in [0.25, 0.3) is 5.91 Å². The summed E-state index contributed by atoms with van der Waals surface area (Å²) in [6.07, 6.45) is 4.29. The van der Waals surface area contributed by atoms with Crippen LogP contribution in [0.3, 0.4) is 0 Å². The molecule has 11 heteroatoms. The number of amides is 2. The number of imidazole rings is 1. The molecule has 1 atom stereocenters. The highest BCUT2D eigenvalue weighted by Crippen LogP contribution is 2.39. The standard InChI is InChI=1S/C22H23FN6O3S/c1-33-18-5-4-13(23)9-15(18)16-3-2-8-28(16)20-7-6-19-24-10-17(29(19)26-20)21(30)25-14-11-27(12-14)22(31)32/h4-7,9-10,14,16H,2-3,8,11-12H2,1H3,(H,25,30)(H,31,32)/t16-/m1/s1. The van der Waals surface area contributed by atoms with Crippen LogP contribution in [0.4, 0.5) is 15.0 Å².